The Morgan fingerprint density at radius 2 is 2.11 bits per heavy atom. The highest BCUT2D eigenvalue weighted by atomic mass is 79.9. The Morgan fingerprint density at radius 3 is 2.72 bits per heavy atom. The molecule has 0 aromatic carbocycles. The Balaban J connectivity index is 2.02. The van der Waals surface area contributed by atoms with Gasteiger partial charge in [0, 0.05) is 43.0 Å². The molecule has 0 saturated carbocycles. The van der Waals surface area contributed by atoms with Crippen LogP contribution in [0.25, 0.3) is 0 Å². The fourth-order valence-electron chi connectivity index (χ4n) is 2.30. The molecule has 0 spiro atoms. The number of methoxy groups -OCH3 is 2. The summed E-state index contributed by atoms with van der Waals surface area (Å²) in [5, 5.41) is 0. The van der Waals surface area contributed by atoms with Crippen LogP contribution in [0.2, 0.25) is 0 Å². The maximum Gasteiger partial charge on any atom is 0.218 e. The van der Waals surface area contributed by atoms with Crippen LogP contribution in [0.1, 0.15) is 18.4 Å². The highest BCUT2D eigenvalue weighted by molar-refractivity contribution is 9.10. The first kappa shape index (κ1) is 13.8. The lowest BCUT2D eigenvalue weighted by Gasteiger charge is -2.31. The molecule has 18 heavy (non-hydrogen) atoms. The SMILES string of the molecule is COc1nccc(Br)c1CN1CCC(OC)CC1. The molecule has 0 amide bonds. The Hall–Kier alpha value is -0.650. The second-order valence-corrected chi connectivity index (χ2v) is 5.35. The fourth-order valence-corrected chi connectivity index (χ4v) is 2.71. The first-order valence-electron chi connectivity index (χ1n) is 6.17. The first-order valence-corrected chi connectivity index (χ1v) is 6.96. The van der Waals surface area contributed by atoms with Crippen LogP contribution in [0.5, 0.6) is 5.88 Å². The third kappa shape index (κ3) is 3.22. The van der Waals surface area contributed by atoms with Gasteiger partial charge in [-0.1, -0.05) is 15.9 Å². The van der Waals surface area contributed by atoms with Gasteiger partial charge in [-0.15, -0.1) is 0 Å². The van der Waals surface area contributed by atoms with E-state index >= 15 is 0 Å². The van der Waals surface area contributed by atoms with Crippen molar-refractivity contribution in [3.63, 3.8) is 0 Å². The zero-order valence-electron chi connectivity index (χ0n) is 10.9. The summed E-state index contributed by atoms with van der Waals surface area (Å²) in [5.41, 5.74) is 1.12. The summed E-state index contributed by atoms with van der Waals surface area (Å²) in [6.07, 6.45) is 4.36. The van der Waals surface area contributed by atoms with Gasteiger partial charge in [0.15, 0.2) is 0 Å². The lowest BCUT2D eigenvalue weighted by molar-refractivity contribution is 0.0386. The molecule has 0 atom stereocenters. The Morgan fingerprint density at radius 1 is 1.39 bits per heavy atom. The predicted molar refractivity (Wildman–Crippen MR) is 73.8 cm³/mol. The van der Waals surface area contributed by atoms with Crippen molar-refractivity contribution in [3.8, 4) is 5.88 Å². The fraction of sp³-hybridized carbons (Fsp3) is 0.615. The number of aromatic nitrogens is 1. The maximum atomic E-state index is 5.39. The van der Waals surface area contributed by atoms with Crippen LogP contribution in [0.15, 0.2) is 16.7 Å². The van der Waals surface area contributed by atoms with Crippen LogP contribution < -0.4 is 4.74 Å². The van der Waals surface area contributed by atoms with Gasteiger partial charge in [0.1, 0.15) is 0 Å². The monoisotopic (exact) mass is 314 g/mol. The predicted octanol–water partition coefficient (Wildman–Crippen LogP) is 2.46. The molecular weight excluding hydrogens is 296 g/mol. The maximum absolute atomic E-state index is 5.39. The van der Waals surface area contributed by atoms with Gasteiger partial charge in [0.05, 0.1) is 13.2 Å². The number of nitrogens with zero attached hydrogens (tertiary/aromatic N) is 2. The van der Waals surface area contributed by atoms with E-state index < -0.39 is 0 Å². The normalized spacial score (nSPS) is 17.9. The largest absolute Gasteiger partial charge is 0.481 e. The molecule has 0 bridgehead atoms. The number of piperidine rings is 1. The molecule has 1 aliphatic rings. The molecule has 1 aliphatic heterocycles. The number of hydrogen-bond acceptors (Lipinski definition) is 4. The van der Waals surface area contributed by atoms with Gasteiger partial charge < -0.3 is 9.47 Å². The van der Waals surface area contributed by atoms with Crippen molar-refractivity contribution in [1.82, 2.24) is 9.88 Å². The van der Waals surface area contributed by atoms with Gasteiger partial charge in [-0.25, -0.2) is 4.98 Å². The minimum atomic E-state index is 0.417. The van der Waals surface area contributed by atoms with Crippen LogP contribution in [-0.2, 0) is 11.3 Å². The van der Waals surface area contributed by atoms with Crippen LogP contribution >= 0.6 is 15.9 Å². The number of hydrogen-bond donors (Lipinski definition) is 0. The summed E-state index contributed by atoms with van der Waals surface area (Å²) in [7, 11) is 3.45. The average Bonchev–Trinajstić information content (AvgIpc) is 2.42. The quantitative estimate of drug-likeness (QED) is 0.855. The number of pyridine rings is 1. The Kier molecular flexibility index (Phi) is 4.97. The van der Waals surface area contributed by atoms with Gasteiger partial charge in [-0.3, -0.25) is 4.90 Å². The van der Waals surface area contributed by atoms with Gasteiger partial charge in [0.2, 0.25) is 5.88 Å². The summed E-state index contributed by atoms with van der Waals surface area (Å²) in [6.45, 7) is 2.99. The molecule has 0 aliphatic carbocycles. The van der Waals surface area contributed by atoms with Crippen molar-refractivity contribution in [2.45, 2.75) is 25.5 Å². The van der Waals surface area contributed by atoms with Crippen LogP contribution in [-0.4, -0.2) is 43.3 Å². The van der Waals surface area contributed by atoms with Crippen LogP contribution in [0, 0.1) is 0 Å². The number of halogens is 1. The summed E-state index contributed by atoms with van der Waals surface area (Å²) in [6, 6.07) is 1.96. The van der Waals surface area contributed by atoms with Gasteiger partial charge in [0.25, 0.3) is 0 Å². The van der Waals surface area contributed by atoms with E-state index in [0.29, 0.717) is 12.0 Å². The Bertz CT molecular complexity index is 393. The van der Waals surface area contributed by atoms with E-state index in [-0.39, 0.29) is 0 Å². The molecule has 4 nitrogen and oxygen atoms in total. The highest BCUT2D eigenvalue weighted by Gasteiger charge is 2.20. The standard InChI is InChI=1S/C13H19BrN2O2/c1-17-10-4-7-16(8-5-10)9-11-12(14)3-6-15-13(11)18-2/h3,6,10H,4-5,7-9H2,1-2H3. The van der Waals surface area contributed by atoms with Crippen molar-refractivity contribution in [2.75, 3.05) is 27.3 Å². The van der Waals surface area contributed by atoms with E-state index in [1.54, 1.807) is 20.4 Å². The van der Waals surface area contributed by atoms with Gasteiger partial charge in [-0.05, 0) is 18.9 Å². The minimum absolute atomic E-state index is 0.417. The second kappa shape index (κ2) is 6.50. The number of likely N-dealkylation sites (tertiary alicyclic amines) is 1. The van der Waals surface area contributed by atoms with Crippen molar-refractivity contribution in [1.29, 1.82) is 0 Å². The van der Waals surface area contributed by atoms with Gasteiger partial charge >= 0.3 is 0 Å². The van der Waals surface area contributed by atoms with Crippen LogP contribution in [0.3, 0.4) is 0 Å². The summed E-state index contributed by atoms with van der Waals surface area (Å²) < 4.78 is 11.8. The number of rotatable bonds is 4. The molecule has 0 radical (unpaired) electrons. The molecule has 1 fully saturated rings. The van der Waals surface area contributed by atoms with Crippen molar-refractivity contribution in [3.05, 3.63) is 22.3 Å². The van der Waals surface area contributed by atoms with Crippen molar-refractivity contribution in [2.24, 2.45) is 0 Å². The topological polar surface area (TPSA) is 34.6 Å². The lowest BCUT2D eigenvalue weighted by atomic mass is 10.1. The third-order valence-corrected chi connectivity index (χ3v) is 4.15. The van der Waals surface area contributed by atoms with Crippen molar-refractivity contribution < 1.29 is 9.47 Å². The Labute approximate surface area is 116 Å². The molecule has 1 saturated heterocycles. The molecule has 2 heterocycles. The molecule has 2 rings (SSSR count). The van der Waals surface area contributed by atoms with Crippen LogP contribution in [0.4, 0.5) is 0 Å². The zero-order valence-corrected chi connectivity index (χ0v) is 12.4. The number of ether oxygens (including phenoxy) is 2. The van der Waals surface area contributed by atoms with E-state index in [2.05, 4.69) is 25.8 Å². The minimum Gasteiger partial charge on any atom is -0.481 e. The van der Waals surface area contributed by atoms with E-state index in [9.17, 15) is 0 Å². The molecule has 1 aromatic rings. The summed E-state index contributed by atoms with van der Waals surface area (Å²) in [5.74, 6) is 0.707. The average molecular weight is 315 g/mol. The van der Waals surface area contributed by atoms with E-state index in [4.69, 9.17) is 9.47 Å². The molecule has 5 heteroatoms. The smallest absolute Gasteiger partial charge is 0.218 e. The molecule has 0 unspecified atom stereocenters. The molecule has 100 valence electrons. The summed E-state index contributed by atoms with van der Waals surface area (Å²) >= 11 is 3.57. The lowest BCUT2D eigenvalue weighted by Crippen LogP contribution is -2.36. The molecular formula is C13H19BrN2O2. The van der Waals surface area contributed by atoms with Gasteiger partial charge in [-0.2, -0.15) is 0 Å². The van der Waals surface area contributed by atoms with Crippen molar-refractivity contribution >= 4 is 15.9 Å². The third-order valence-electron chi connectivity index (χ3n) is 3.40. The second-order valence-electron chi connectivity index (χ2n) is 4.49. The highest BCUT2D eigenvalue weighted by Crippen LogP contribution is 2.27. The summed E-state index contributed by atoms with van der Waals surface area (Å²) in [4.78, 5) is 6.67. The zero-order chi connectivity index (χ0) is 13.0. The molecule has 0 N–H and O–H groups in total. The van der Waals surface area contributed by atoms with E-state index in [1.807, 2.05) is 6.07 Å². The first-order chi connectivity index (χ1) is 8.74. The van der Waals surface area contributed by atoms with E-state index in [1.165, 1.54) is 0 Å². The molecule has 1 aromatic heterocycles. The van der Waals surface area contributed by atoms with E-state index in [0.717, 1.165) is 42.5 Å².